The molecule has 100 valence electrons. The van der Waals surface area contributed by atoms with Gasteiger partial charge in [-0.05, 0) is 53.2 Å². The number of anilines is 1. The predicted octanol–water partition coefficient (Wildman–Crippen LogP) is 4.05. The summed E-state index contributed by atoms with van der Waals surface area (Å²) in [5, 5.41) is 11.9. The average molecular weight is 328 g/mol. The number of rotatable bonds is 4. The number of carboxylic acids is 1. The number of halogens is 2. The summed E-state index contributed by atoms with van der Waals surface area (Å²) < 4.78 is 18.6. The zero-order valence-electron chi connectivity index (χ0n) is 9.98. The molecule has 0 aliphatic rings. The Balaban J connectivity index is 2.13. The Morgan fingerprint density at radius 3 is 2.74 bits per heavy atom. The van der Waals surface area contributed by atoms with Gasteiger partial charge < -0.3 is 14.8 Å². The van der Waals surface area contributed by atoms with Gasteiger partial charge in [-0.1, -0.05) is 0 Å². The van der Waals surface area contributed by atoms with Crippen LogP contribution in [0.15, 0.2) is 39.2 Å². The van der Waals surface area contributed by atoms with Crippen molar-refractivity contribution in [3.63, 3.8) is 0 Å². The molecule has 1 atom stereocenters. The second-order valence-electron chi connectivity index (χ2n) is 4.00. The zero-order chi connectivity index (χ0) is 14.0. The van der Waals surface area contributed by atoms with Gasteiger partial charge in [0.05, 0.1) is 10.5 Å². The maximum absolute atomic E-state index is 13.1. The van der Waals surface area contributed by atoms with E-state index in [0.717, 1.165) is 0 Å². The van der Waals surface area contributed by atoms with E-state index in [1.165, 1.54) is 12.1 Å². The minimum atomic E-state index is -1.11. The van der Waals surface area contributed by atoms with E-state index in [0.29, 0.717) is 15.9 Å². The Kier molecular flexibility index (Phi) is 3.90. The third kappa shape index (κ3) is 3.14. The van der Waals surface area contributed by atoms with Crippen molar-refractivity contribution in [1.29, 1.82) is 0 Å². The molecule has 0 bridgehead atoms. The minimum absolute atomic E-state index is 0.107. The summed E-state index contributed by atoms with van der Waals surface area (Å²) in [5.74, 6) is -1.06. The summed E-state index contributed by atoms with van der Waals surface area (Å²) in [4.78, 5) is 10.7. The molecule has 0 saturated carbocycles. The second kappa shape index (κ2) is 5.44. The standard InChI is InChI=1S/C13H11BrFNO3/c1-7(11-4-5-12(19-11)13(17)18)16-8-2-3-10(15)9(14)6-8/h2-7,16H,1H3,(H,17,18). The van der Waals surface area contributed by atoms with Crippen molar-refractivity contribution < 1.29 is 18.7 Å². The topological polar surface area (TPSA) is 62.5 Å². The van der Waals surface area contributed by atoms with Gasteiger partial charge in [0.25, 0.3) is 0 Å². The van der Waals surface area contributed by atoms with E-state index < -0.39 is 5.97 Å². The third-order valence-electron chi connectivity index (χ3n) is 2.57. The van der Waals surface area contributed by atoms with Gasteiger partial charge in [0.15, 0.2) is 0 Å². The van der Waals surface area contributed by atoms with Gasteiger partial charge in [-0.15, -0.1) is 0 Å². The molecule has 4 nitrogen and oxygen atoms in total. The molecule has 6 heteroatoms. The van der Waals surface area contributed by atoms with E-state index in [1.807, 2.05) is 6.92 Å². The first-order chi connectivity index (χ1) is 8.97. The van der Waals surface area contributed by atoms with E-state index in [-0.39, 0.29) is 17.6 Å². The second-order valence-corrected chi connectivity index (χ2v) is 4.86. The van der Waals surface area contributed by atoms with Crippen LogP contribution in [0, 0.1) is 5.82 Å². The summed E-state index contributed by atoms with van der Waals surface area (Å²) in [7, 11) is 0. The van der Waals surface area contributed by atoms with Crippen molar-refractivity contribution in [1.82, 2.24) is 0 Å². The highest BCUT2D eigenvalue weighted by molar-refractivity contribution is 9.10. The van der Waals surface area contributed by atoms with Crippen LogP contribution in [0.1, 0.15) is 29.3 Å². The van der Waals surface area contributed by atoms with E-state index in [1.54, 1.807) is 18.2 Å². The van der Waals surface area contributed by atoms with Crippen molar-refractivity contribution in [3.8, 4) is 0 Å². The highest BCUT2D eigenvalue weighted by Crippen LogP contribution is 2.25. The van der Waals surface area contributed by atoms with E-state index in [2.05, 4.69) is 21.2 Å². The normalized spacial score (nSPS) is 12.2. The summed E-state index contributed by atoms with van der Waals surface area (Å²) in [6.45, 7) is 1.82. The van der Waals surface area contributed by atoms with Gasteiger partial charge in [0, 0.05) is 5.69 Å². The quantitative estimate of drug-likeness (QED) is 0.889. The van der Waals surface area contributed by atoms with E-state index >= 15 is 0 Å². The molecule has 1 aromatic heterocycles. The Morgan fingerprint density at radius 2 is 2.16 bits per heavy atom. The summed E-state index contributed by atoms with van der Waals surface area (Å²) in [6, 6.07) is 7.30. The van der Waals surface area contributed by atoms with Crippen LogP contribution in [-0.4, -0.2) is 11.1 Å². The molecule has 0 spiro atoms. The number of hydrogen-bond acceptors (Lipinski definition) is 3. The Labute approximate surface area is 117 Å². The van der Waals surface area contributed by atoms with Gasteiger partial charge >= 0.3 is 5.97 Å². The lowest BCUT2D eigenvalue weighted by atomic mass is 10.2. The molecule has 0 aliphatic carbocycles. The van der Waals surface area contributed by atoms with Crippen LogP contribution < -0.4 is 5.32 Å². The fraction of sp³-hybridized carbons (Fsp3) is 0.154. The van der Waals surface area contributed by atoms with Crippen LogP contribution in [0.3, 0.4) is 0 Å². The van der Waals surface area contributed by atoms with Crippen LogP contribution in [0.25, 0.3) is 0 Å². The van der Waals surface area contributed by atoms with Crippen LogP contribution in [0.5, 0.6) is 0 Å². The Morgan fingerprint density at radius 1 is 1.42 bits per heavy atom. The third-order valence-corrected chi connectivity index (χ3v) is 3.17. The van der Waals surface area contributed by atoms with Gasteiger partial charge in [-0.25, -0.2) is 9.18 Å². The predicted molar refractivity (Wildman–Crippen MR) is 71.8 cm³/mol. The largest absolute Gasteiger partial charge is 0.475 e. The molecule has 1 heterocycles. The number of carbonyl (C=O) groups is 1. The van der Waals surface area contributed by atoms with Gasteiger partial charge in [0.2, 0.25) is 5.76 Å². The van der Waals surface area contributed by atoms with Crippen molar-refractivity contribution in [3.05, 3.63) is 52.1 Å². The highest BCUT2D eigenvalue weighted by atomic mass is 79.9. The molecule has 2 rings (SSSR count). The Hall–Kier alpha value is -1.82. The monoisotopic (exact) mass is 327 g/mol. The average Bonchev–Trinajstić information content (AvgIpc) is 2.83. The number of benzene rings is 1. The molecule has 2 aromatic rings. The SMILES string of the molecule is CC(Nc1ccc(F)c(Br)c1)c1ccc(C(=O)O)o1. The van der Waals surface area contributed by atoms with Crippen molar-refractivity contribution in [2.45, 2.75) is 13.0 Å². The Bertz CT molecular complexity index is 612. The molecule has 19 heavy (non-hydrogen) atoms. The van der Waals surface area contributed by atoms with Crippen LogP contribution in [0.4, 0.5) is 10.1 Å². The maximum atomic E-state index is 13.1. The smallest absolute Gasteiger partial charge is 0.371 e. The van der Waals surface area contributed by atoms with Gasteiger partial charge in [-0.2, -0.15) is 0 Å². The first kappa shape index (κ1) is 13.6. The van der Waals surface area contributed by atoms with Crippen LogP contribution in [0.2, 0.25) is 0 Å². The number of furan rings is 1. The molecule has 0 fully saturated rings. The molecule has 1 unspecified atom stereocenters. The number of hydrogen-bond donors (Lipinski definition) is 2. The summed E-state index contributed by atoms with van der Waals surface area (Å²) in [6.07, 6.45) is 0. The fourth-order valence-corrected chi connectivity index (χ4v) is 1.99. The minimum Gasteiger partial charge on any atom is -0.475 e. The van der Waals surface area contributed by atoms with Crippen molar-refractivity contribution in [2.75, 3.05) is 5.32 Å². The lowest BCUT2D eigenvalue weighted by molar-refractivity contribution is 0.0660. The van der Waals surface area contributed by atoms with Gasteiger partial charge in [-0.3, -0.25) is 0 Å². The molecule has 0 aliphatic heterocycles. The maximum Gasteiger partial charge on any atom is 0.371 e. The summed E-state index contributed by atoms with van der Waals surface area (Å²) in [5.41, 5.74) is 0.703. The van der Waals surface area contributed by atoms with Crippen LogP contribution in [-0.2, 0) is 0 Å². The molecular formula is C13H11BrFNO3. The molecule has 0 saturated heterocycles. The molecule has 1 aromatic carbocycles. The van der Waals surface area contributed by atoms with E-state index in [4.69, 9.17) is 9.52 Å². The lowest BCUT2D eigenvalue weighted by Gasteiger charge is -2.13. The first-order valence-electron chi connectivity index (χ1n) is 5.52. The van der Waals surface area contributed by atoms with Crippen molar-refractivity contribution in [2.24, 2.45) is 0 Å². The van der Waals surface area contributed by atoms with E-state index in [9.17, 15) is 9.18 Å². The van der Waals surface area contributed by atoms with Gasteiger partial charge in [0.1, 0.15) is 11.6 Å². The number of carboxylic acid groups (broad SMARTS) is 1. The zero-order valence-corrected chi connectivity index (χ0v) is 11.6. The van der Waals surface area contributed by atoms with Crippen LogP contribution >= 0.6 is 15.9 Å². The molecular weight excluding hydrogens is 317 g/mol. The fourth-order valence-electron chi connectivity index (χ4n) is 1.61. The first-order valence-corrected chi connectivity index (χ1v) is 6.31. The molecule has 2 N–H and O–H groups in total. The number of aromatic carboxylic acids is 1. The lowest BCUT2D eigenvalue weighted by Crippen LogP contribution is -2.05. The highest BCUT2D eigenvalue weighted by Gasteiger charge is 2.14. The molecule has 0 radical (unpaired) electrons. The number of nitrogens with one attached hydrogen (secondary N) is 1. The van der Waals surface area contributed by atoms with Crippen molar-refractivity contribution >= 4 is 27.6 Å². The summed E-state index contributed by atoms with van der Waals surface area (Å²) >= 11 is 3.10. The molecule has 0 amide bonds.